The molecule has 0 atom stereocenters. The van der Waals surface area contributed by atoms with Crippen LogP contribution in [0.25, 0.3) is 54.2 Å². The molecule has 0 radical (unpaired) electrons. The van der Waals surface area contributed by atoms with Gasteiger partial charge in [0, 0.05) is 56.0 Å². The molecular formula is C78H66BN3O2S. The van der Waals surface area contributed by atoms with Crippen LogP contribution >= 0.6 is 11.3 Å². The summed E-state index contributed by atoms with van der Waals surface area (Å²) in [7, 11) is 0. The fourth-order valence-corrected chi connectivity index (χ4v) is 14.3. The summed E-state index contributed by atoms with van der Waals surface area (Å²) < 4.78 is 15.1. The molecule has 0 amide bonds. The molecule has 1 aromatic heterocycles. The minimum absolute atomic E-state index is 0.0289. The van der Waals surface area contributed by atoms with Gasteiger partial charge >= 0.3 is 6.85 Å². The van der Waals surface area contributed by atoms with Crippen molar-refractivity contribution in [3.63, 3.8) is 0 Å². The summed E-state index contributed by atoms with van der Waals surface area (Å²) in [4.78, 5) is 7.71. The molecule has 4 heterocycles. The Kier molecular flexibility index (Phi) is 12.1. The zero-order valence-electron chi connectivity index (χ0n) is 49.7. The Bertz CT molecular complexity index is 4530. The number of ether oxygens (including phenoxy) is 2. The second-order valence-corrected chi connectivity index (χ2v) is 27.2. The molecule has 3 aliphatic heterocycles. The van der Waals surface area contributed by atoms with E-state index in [2.05, 4.69) is 289 Å². The number of thiophene rings is 1. The van der Waals surface area contributed by atoms with Crippen LogP contribution in [0, 0.1) is 0 Å². The Morgan fingerprint density at radius 2 is 0.906 bits per heavy atom. The van der Waals surface area contributed by atoms with Crippen molar-refractivity contribution in [3.05, 3.63) is 253 Å². The van der Waals surface area contributed by atoms with Crippen LogP contribution in [-0.2, 0) is 16.2 Å². The van der Waals surface area contributed by atoms with E-state index in [1.54, 1.807) is 0 Å². The lowest BCUT2D eigenvalue weighted by Gasteiger charge is -2.46. The molecule has 12 aromatic rings. The quantitative estimate of drug-likeness (QED) is 0.148. The van der Waals surface area contributed by atoms with Gasteiger partial charge in [0.2, 0.25) is 0 Å². The highest BCUT2D eigenvalue weighted by Crippen LogP contribution is 2.57. The zero-order valence-corrected chi connectivity index (χ0v) is 50.5. The topological polar surface area (TPSA) is 28.2 Å². The standard InChI is InChI=1S/C78H66BN3O2S/c1-76(2,3)54-30-37-57(38-31-54)80(58-39-32-55(33-40-58)77(4,5)6)60-45-63-62-47-70-71(84-69-27-19-18-26-68(69)83-70)48-66(62)82(59-35-28-50(29-36-59)49-20-12-10-13-21-49)79-73(63)67(46-60)81(75-74(79)64-42-52-24-16-17-25-53(52)43-72(64)85-75)65-41-34-56(78(7,8)9)44-61(65)51-22-14-11-15-23-51/h10-48H,1-9H3. The number of benzene rings is 11. The van der Waals surface area contributed by atoms with Gasteiger partial charge in [0.15, 0.2) is 23.0 Å². The highest BCUT2D eigenvalue weighted by Gasteiger charge is 2.48. The van der Waals surface area contributed by atoms with Gasteiger partial charge in [-0.15, -0.1) is 11.3 Å². The lowest BCUT2D eigenvalue weighted by molar-refractivity contribution is 0.360. The maximum atomic E-state index is 6.93. The molecule has 0 bridgehead atoms. The molecule has 0 saturated carbocycles. The van der Waals surface area contributed by atoms with Crippen molar-refractivity contribution in [2.45, 2.75) is 78.6 Å². The van der Waals surface area contributed by atoms with E-state index in [0.29, 0.717) is 23.0 Å². The molecule has 7 heteroatoms. The Labute approximate surface area is 504 Å². The van der Waals surface area contributed by atoms with Gasteiger partial charge in [0.05, 0.1) is 10.7 Å². The molecule has 3 aliphatic rings. The minimum atomic E-state index is -0.301. The molecule has 85 heavy (non-hydrogen) atoms. The van der Waals surface area contributed by atoms with E-state index in [4.69, 9.17) is 9.47 Å². The smallest absolute Gasteiger partial charge is 0.334 e. The SMILES string of the molecule is CC(C)(C)c1ccc(N(c2ccc(C(C)(C)C)cc2)c2cc3c4c(c2)N(c2ccc(C(C)(C)C)cc2-c2ccccc2)c2sc5cc6ccccc6cc5c2B4N(c2ccc(-c4ccccc4)cc2)c2cc4c(cc2-3)Oc2ccccc2O4)cc1. The fourth-order valence-electron chi connectivity index (χ4n) is 13.0. The van der Waals surface area contributed by atoms with Gasteiger partial charge in [0.1, 0.15) is 0 Å². The second kappa shape index (κ2) is 19.7. The van der Waals surface area contributed by atoms with Crippen molar-refractivity contribution in [2.75, 3.05) is 14.6 Å². The van der Waals surface area contributed by atoms with Crippen molar-refractivity contribution in [3.8, 4) is 56.4 Å². The number of anilines is 8. The van der Waals surface area contributed by atoms with Gasteiger partial charge < -0.3 is 24.1 Å². The molecule has 11 aromatic carbocycles. The van der Waals surface area contributed by atoms with E-state index >= 15 is 0 Å². The summed E-state index contributed by atoms with van der Waals surface area (Å²) in [6, 6.07) is 87.7. The summed E-state index contributed by atoms with van der Waals surface area (Å²) >= 11 is 1.89. The van der Waals surface area contributed by atoms with Crippen molar-refractivity contribution >= 4 is 94.8 Å². The van der Waals surface area contributed by atoms with E-state index in [1.807, 2.05) is 35.6 Å². The third-order valence-corrected chi connectivity index (χ3v) is 18.7. The van der Waals surface area contributed by atoms with Crippen LogP contribution in [0.4, 0.5) is 44.8 Å². The lowest BCUT2D eigenvalue weighted by atomic mass is 9.43. The van der Waals surface area contributed by atoms with Gasteiger partial charge in [-0.3, -0.25) is 0 Å². The van der Waals surface area contributed by atoms with Crippen LogP contribution in [-0.4, -0.2) is 6.85 Å². The van der Waals surface area contributed by atoms with Crippen LogP contribution in [0.2, 0.25) is 0 Å². The number of hydrogen-bond donors (Lipinski definition) is 0. The summed E-state index contributed by atoms with van der Waals surface area (Å²) in [5.74, 6) is 2.73. The van der Waals surface area contributed by atoms with E-state index in [1.165, 1.54) is 64.6 Å². The van der Waals surface area contributed by atoms with E-state index < -0.39 is 0 Å². The van der Waals surface area contributed by atoms with E-state index in [0.717, 1.165) is 62.1 Å². The minimum Gasteiger partial charge on any atom is -0.449 e. The maximum absolute atomic E-state index is 6.93. The molecule has 0 aliphatic carbocycles. The molecular weight excluding hydrogens is 1050 g/mol. The number of hydrogen-bond acceptors (Lipinski definition) is 6. The summed E-state index contributed by atoms with van der Waals surface area (Å²) in [5, 5.41) is 4.85. The molecule has 0 spiro atoms. The predicted molar refractivity (Wildman–Crippen MR) is 361 cm³/mol. The first-order chi connectivity index (χ1) is 41.0. The third-order valence-electron chi connectivity index (χ3n) is 17.6. The molecule has 0 fully saturated rings. The molecule has 5 nitrogen and oxygen atoms in total. The Morgan fingerprint density at radius 3 is 1.51 bits per heavy atom. The third kappa shape index (κ3) is 8.98. The van der Waals surface area contributed by atoms with E-state index in [9.17, 15) is 0 Å². The highest BCUT2D eigenvalue weighted by atomic mass is 32.1. The average molecular weight is 1120 g/mol. The van der Waals surface area contributed by atoms with Crippen molar-refractivity contribution in [1.82, 2.24) is 0 Å². The van der Waals surface area contributed by atoms with Crippen LogP contribution in [0.15, 0.2) is 237 Å². The van der Waals surface area contributed by atoms with Crippen molar-refractivity contribution in [1.29, 1.82) is 0 Å². The number of nitrogens with zero attached hydrogens (tertiary/aromatic N) is 3. The van der Waals surface area contributed by atoms with Crippen molar-refractivity contribution < 1.29 is 9.47 Å². The first kappa shape index (κ1) is 52.5. The van der Waals surface area contributed by atoms with Gasteiger partial charge in [-0.05, 0) is 173 Å². The van der Waals surface area contributed by atoms with Crippen LogP contribution < -0.4 is 35.0 Å². The Balaban J connectivity index is 1.09. The van der Waals surface area contributed by atoms with Gasteiger partial charge in [-0.2, -0.15) is 0 Å². The van der Waals surface area contributed by atoms with Crippen molar-refractivity contribution in [2.24, 2.45) is 0 Å². The number of fused-ring (bicyclic) bond motifs is 9. The van der Waals surface area contributed by atoms with Gasteiger partial charge in [-0.1, -0.05) is 202 Å². The van der Waals surface area contributed by atoms with Crippen LogP contribution in [0.3, 0.4) is 0 Å². The van der Waals surface area contributed by atoms with Gasteiger partial charge in [0.25, 0.3) is 0 Å². The summed E-state index contributed by atoms with van der Waals surface area (Å²) in [6.45, 7) is 20.4. The second-order valence-electron chi connectivity index (χ2n) is 26.2. The molecule has 15 rings (SSSR count). The average Bonchev–Trinajstić information content (AvgIpc) is 1.69. The summed E-state index contributed by atoms with van der Waals surface area (Å²) in [5.41, 5.74) is 20.5. The fraction of sp³-hybridized carbons (Fsp3) is 0.154. The lowest BCUT2D eigenvalue weighted by Crippen LogP contribution is -2.61. The molecule has 414 valence electrons. The number of para-hydroxylation sites is 2. The largest absolute Gasteiger partial charge is 0.449 e. The molecule has 0 N–H and O–H groups in total. The zero-order chi connectivity index (χ0) is 58.1. The van der Waals surface area contributed by atoms with Crippen LogP contribution in [0.1, 0.15) is 79.0 Å². The summed E-state index contributed by atoms with van der Waals surface area (Å²) in [6.07, 6.45) is 0. The highest BCUT2D eigenvalue weighted by molar-refractivity contribution is 7.26. The normalized spacial score (nSPS) is 13.4. The predicted octanol–water partition coefficient (Wildman–Crippen LogP) is 21.4. The van der Waals surface area contributed by atoms with E-state index in [-0.39, 0.29) is 23.1 Å². The Morgan fingerprint density at radius 1 is 0.376 bits per heavy atom. The first-order valence-corrected chi connectivity index (χ1v) is 30.6. The molecule has 0 unspecified atom stereocenters. The number of rotatable bonds is 7. The van der Waals surface area contributed by atoms with Crippen LogP contribution in [0.5, 0.6) is 23.0 Å². The first-order valence-electron chi connectivity index (χ1n) is 29.7. The maximum Gasteiger partial charge on any atom is 0.334 e. The Hall–Kier alpha value is -9.30. The van der Waals surface area contributed by atoms with Gasteiger partial charge in [-0.25, -0.2) is 0 Å². The molecule has 0 saturated heterocycles. The monoisotopic (exact) mass is 1120 g/mol.